The Morgan fingerprint density at radius 2 is 2.04 bits per heavy atom. The number of carbonyl (C=O) groups is 3. The molecule has 7 heteroatoms. The molecule has 138 valence electrons. The van der Waals surface area contributed by atoms with Crippen LogP contribution in [0.4, 0.5) is 0 Å². The number of amides is 3. The van der Waals surface area contributed by atoms with Crippen LogP contribution < -0.4 is 16.4 Å². The monoisotopic (exact) mass is 356 g/mol. The number of carbonyl (C=O) groups excluding carboxylic acids is 3. The number of imide groups is 1. The minimum Gasteiger partial charge on any atom is -0.327 e. The number of fused-ring (bicyclic) bond motifs is 1. The van der Waals surface area contributed by atoms with E-state index in [1.165, 1.54) is 0 Å². The minimum absolute atomic E-state index is 0.118. The fourth-order valence-electron chi connectivity index (χ4n) is 4.08. The van der Waals surface area contributed by atoms with Crippen LogP contribution in [0.25, 0.3) is 0 Å². The molecule has 1 aromatic carbocycles. The Morgan fingerprint density at radius 1 is 1.19 bits per heavy atom. The van der Waals surface area contributed by atoms with Crippen LogP contribution >= 0.6 is 0 Å². The molecule has 0 spiro atoms. The predicted octanol–water partition coefficient (Wildman–Crippen LogP) is 0.274. The van der Waals surface area contributed by atoms with Crippen molar-refractivity contribution in [3.8, 4) is 0 Å². The lowest BCUT2D eigenvalue weighted by molar-refractivity contribution is -0.136. The molecule has 26 heavy (non-hydrogen) atoms. The highest BCUT2D eigenvalue weighted by Gasteiger charge is 2.39. The van der Waals surface area contributed by atoms with Gasteiger partial charge >= 0.3 is 0 Å². The van der Waals surface area contributed by atoms with Crippen LogP contribution in [0.3, 0.4) is 0 Å². The number of piperidine rings is 1. The third-order valence-corrected chi connectivity index (χ3v) is 5.84. The first-order valence-electron chi connectivity index (χ1n) is 9.26. The summed E-state index contributed by atoms with van der Waals surface area (Å²) < 4.78 is 0. The zero-order valence-electron chi connectivity index (χ0n) is 14.7. The molecule has 2 fully saturated rings. The van der Waals surface area contributed by atoms with E-state index in [2.05, 4.69) is 10.6 Å². The normalized spacial score (nSPS) is 28.0. The average molecular weight is 356 g/mol. The SMILES string of the molecule is N[C@@H]1CC[C@@H]1CNCc1cccc2c1C(=O)N(C1CCC(=O)NC1=O)C2. The van der Waals surface area contributed by atoms with Crippen LogP contribution in [0, 0.1) is 5.92 Å². The standard InChI is InChI=1S/C19H24N4O3/c20-14-5-4-11(14)8-21-9-12-2-1-3-13-10-23(19(26)17(12)13)15-6-7-16(24)22-18(15)25/h1-3,11,14-15,21H,4-10,20H2,(H,22,24,25)/t11-,14-,15?/m1/s1. The molecular formula is C19H24N4O3. The van der Waals surface area contributed by atoms with Crippen molar-refractivity contribution in [2.75, 3.05) is 6.54 Å². The molecule has 3 amide bonds. The molecule has 3 aliphatic rings. The fourth-order valence-corrected chi connectivity index (χ4v) is 4.08. The topological polar surface area (TPSA) is 105 Å². The summed E-state index contributed by atoms with van der Waals surface area (Å²) in [6, 6.07) is 5.56. The molecule has 4 rings (SSSR count). The number of rotatable bonds is 5. The van der Waals surface area contributed by atoms with Crippen molar-refractivity contribution >= 4 is 17.7 Å². The lowest BCUT2D eigenvalue weighted by Crippen LogP contribution is -2.52. The number of nitrogens with zero attached hydrogens (tertiary/aromatic N) is 1. The van der Waals surface area contributed by atoms with E-state index in [1.807, 2.05) is 18.2 Å². The van der Waals surface area contributed by atoms with Gasteiger partial charge in [-0.1, -0.05) is 18.2 Å². The molecule has 7 nitrogen and oxygen atoms in total. The molecule has 3 atom stereocenters. The zero-order valence-corrected chi connectivity index (χ0v) is 14.7. The van der Waals surface area contributed by atoms with Crippen molar-refractivity contribution in [2.45, 2.75) is 50.9 Å². The van der Waals surface area contributed by atoms with Gasteiger partial charge in [-0.15, -0.1) is 0 Å². The third kappa shape index (κ3) is 3.01. The van der Waals surface area contributed by atoms with E-state index in [1.54, 1.807) is 4.90 Å². The highest BCUT2D eigenvalue weighted by Crippen LogP contribution is 2.30. The lowest BCUT2D eigenvalue weighted by atomic mass is 9.80. The first-order chi connectivity index (χ1) is 12.5. The molecule has 4 N–H and O–H groups in total. The summed E-state index contributed by atoms with van der Waals surface area (Å²) in [6.45, 7) is 1.89. The van der Waals surface area contributed by atoms with Crippen molar-refractivity contribution in [2.24, 2.45) is 11.7 Å². The Morgan fingerprint density at radius 3 is 2.73 bits per heavy atom. The second kappa shape index (κ2) is 6.81. The molecule has 1 aliphatic carbocycles. The summed E-state index contributed by atoms with van der Waals surface area (Å²) in [7, 11) is 0. The first kappa shape index (κ1) is 17.2. The van der Waals surface area contributed by atoms with Crippen molar-refractivity contribution < 1.29 is 14.4 Å². The molecular weight excluding hydrogens is 332 g/mol. The summed E-state index contributed by atoms with van der Waals surface area (Å²) in [6.07, 6.45) is 2.90. The molecule has 1 saturated carbocycles. The Bertz CT molecular complexity index is 763. The van der Waals surface area contributed by atoms with Gasteiger partial charge in [0.2, 0.25) is 11.8 Å². The number of nitrogens with one attached hydrogen (secondary N) is 2. The van der Waals surface area contributed by atoms with Gasteiger partial charge in [0.15, 0.2) is 0 Å². The van der Waals surface area contributed by atoms with E-state index in [4.69, 9.17) is 5.73 Å². The second-order valence-electron chi connectivity index (χ2n) is 7.48. The highest BCUT2D eigenvalue weighted by atomic mass is 16.2. The van der Waals surface area contributed by atoms with E-state index in [9.17, 15) is 14.4 Å². The average Bonchev–Trinajstić information content (AvgIpc) is 2.95. The summed E-state index contributed by atoms with van der Waals surface area (Å²) in [5, 5.41) is 5.75. The molecule has 0 bridgehead atoms. The lowest BCUT2D eigenvalue weighted by Gasteiger charge is -2.33. The van der Waals surface area contributed by atoms with Crippen LogP contribution in [0.5, 0.6) is 0 Å². The van der Waals surface area contributed by atoms with E-state index in [0.29, 0.717) is 31.0 Å². The molecule has 2 aliphatic heterocycles. The second-order valence-corrected chi connectivity index (χ2v) is 7.48. The summed E-state index contributed by atoms with van der Waals surface area (Å²) >= 11 is 0. The summed E-state index contributed by atoms with van der Waals surface area (Å²) in [5.74, 6) is -0.245. The van der Waals surface area contributed by atoms with Gasteiger partial charge in [0.05, 0.1) is 0 Å². The Hall–Kier alpha value is -2.25. The van der Waals surface area contributed by atoms with Gasteiger partial charge in [0, 0.05) is 31.1 Å². The number of benzene rings is 1. The van der Waals surface area contributed by atoms with Gasteiger partial charge in [-0.2, -0.15) is 0 Å². The summed E-state index contributed by atoms with van der Waals surface area (Å²) in [5.41, 5.74) is 8.57. The van der Waals surface area contributed by atoms with E-state index in [0.717, 1.165) is 30.5 Å². The Kier molecular flexibility index (Phi) is 4.50. The minimum atomic E-state index is -0.568. The quantitative estimate of drug-likeness (QED) is 0.657. The Balaban J connectivity index is 1.46. The molecule has 2 heterocycles. The predicted molar refractivity (Wildman–Crippen MR) is 94.9 cm³/mol. The maximum absolute atomic E-state index is 13.0. The highest BCUT2D eigenvalue weighted by molar-refractivity contribution is 6.05. The third-order valence-electron chi connectivity index (χ3n) is 5.84. The molecule has 0 aromatic heterocycles. The van der Waals surface area contributed by atoms with Gasteiger partial charge in [-0.25, -0.2) is 0 Å². The van der Waals surface area contributed by atoms with E-state index in [-0.39, 0.29) is 30.2 Å². The maximum atomic E-state index is 13.0. The zero-order chi connectivity index (χ0) is 18.3. The molecule has 1 aromatic rings. The Labute approximate surface area is 152 Å². The molecule has 1 unspecified atom stereocenters. The smallest absolute Gasteiger partial charge is 0.255 e. The van der Waals surface area contributed by atoms with Crippen molar-refractivity contribution in [3.63, 3.8) is 0 Å². The van der Waals surface area contributed by atoms with E-state index < -0.39 is 6.04 Å². The van der Waals surface area contributed by atoms with Gasteiger partial charge < -0.3 is 16.0 Å². The maximum Gasteiger partial charge on any atom is 0.255 e. The van der Waals surface area contributed by atoms with Gasteiger partial charge in [0.1, 0.15) is 6.04 Å². The van der Waals surface area contributed by atoms with Crippen molar-refractivity contribution in [1.82, 2.24) is 15.5 Å². The summed E-state index contributed by atoms with van der Waals surface area (Å²) in [4.78, 5) is 38.1. The van der Waals surface area contributed by atoms with Crippen molar-refractivity contribution in [1.29, 1.82) is 0 Å². The van der Waals surface area contributed by atoms with Crippen LogP contribution in [-0.2, 0) is 22.7 Å². The molecule has 0 radical (unpaired) electrons. The number of hydrogen-bond acceptors (Lipinski definition) is 5. The van der Waals surface area contributed by atoms with Crippen LogP contribution in [0.2, 0.25) is 0 Å². The van der Waals surface area contributed by atoms with Gasteiger partial charge in [-0.05, 0) is 42.9 Å². The van der Waals surface area contributed by atoms with E-state index >= 15 is 0 Å². The van der Waals surface area contributed by atoms with Gasteiger partial charge in [0.25, 0.3) is 5.91 Å². The van der Waals surface area contributed by atoms with Gasteiger partial charge in [-0.3, -0.25) is 19.7 Å². The van der Waals surface area contributed by atoms with Crippen molar-refractivity contribution in [3.05, 3.63) is 34.9 Å². The number of hydrogen-bond donors (Lipinski definition) is 3. The fraction of sp³-hybridized carbons (Fsp3) is 0.526. The molecule has 1 saturated heterocycles. The van der Waals surface area contributed by atoms with Crippen LogP contribution in [-0.4, -0.2) is 41.2 Å². The van der Waals surface area contributed by atoms with Crippen LogP contribution in [0.1, 0.15) is 47.2 Å². The number of nitrogens with two attached hydrogens (primary N) is 1. The van der Waals surface area contributed by atoms with Crippen LogP contribution in [0.15, 0.2) is 18.2 Å². The largest absolute Gasteiger partial charge is 0.327 e. The first-order valence-corrected chi connectivity index (χ1v) is 9.26.